The van der Waals surface area contributed by atoms with Gasteiger partial charge in [-0.15, -0.1) is 0 Å². The Labute approximate surface area is 476 Å². The SMILES string of the molecule is CCCCCCC/C=C\CCCCCCCC(=O)OCCCCCCCCCCCCCCCCCCCCCCCCCCCCCCCCCCC(=O)NC(CO)C(O)CCCCCCCCCCCCCCC. The summed E-state index contributed by atoms with van der Waals surface area (Å²) in [6.07, 6.45) is 81.3. The van der Waals surface area contributed by atoms with Crippen molar-refractivity contribution in [1.82, 2.24) is 5.32 Å². The molecule has 0 spiro atoms. The number of unbranched alkanes of at least 4 members (excludes halogenated alkanes) is 53. The van der Waals surface area contributed by atoms with E-state index in [0.717, 1.165) is 44.9 Å². The van der Waals surface area contributed by atoms with E-state index in [-0.39, 0.29) is 18.5 Å². The third-order valence-electron chi connectivity index (χ3n) is 16.6. The highest BCUT2D eigenvalue weighted by Crippen LogP contribution is 2.19. The molecular weight excluding hydrogens is 935 g/mol. The molecule has 2 atom stereocenters. The van der Waals surface area contributed by atoms with Gasteiger partial charge in [0.2, 0.25) is 5.91 Å². The third-order valence-corrected chi connectivity index (χ3v) is 16.6. The number of esters is 1. The summed E-state index contributed by atoms with van der Waals surface area (Å²) < 4.78 is 5.49. The number of allylic oxidation sites excluding steroid dienone is 2. The van der Waals surface area contributed by atoms with Gasteiger partial charge in [0.25, 0.3) is 0 Å². The first-order chi connectivity index (χ1) is 37.5. The van der Waals surface area contributed by atoms with Gasteiger partial charge in [-0.1, -0.05) is 347 Å². The molecule has 0 saturated carbocycles. The molecule has 3 N–H and O–H groups in total. The minimum Gasteiger partial charge on any atom is -0.466 e. The monoisotopic (exact) mass is 1070 g/mol. The molecule has 76 heavy (non-hydrogen) atoms. The highest BCUT2D eigenvalue weighted by Gasteiger charge is 2.20. The molecular formula is C70H137NO5. The van der Waals surface area contributed by atoms with E-state index in [2.05, 4.69) is 31.3 Å². The van der Waals surface area contributed by atoms with Crippen LogP contribution < -0.4 is 5.32 Å². The third kappa shape index (κ3) is 61.8. The number of hydrogen-bond acceptors (Lipinski definition) is 5. The van der Waals surface area contributed by atoms with E-state index in [1.54, 1.807) is 0 Å². The van der Waals surface area contributed by atoms with Crippen LogP contribution in [0.15, 0.2) is 12.2 Å². The van der Waals surface area contributed by atoms with Crippen LogP contribution in [0.5, 0.6) is 0 Å². The standard InChI is InChI=1S/C70H137NO5/c1-3-5-7-9-11-13-15-17-40-44-48-52-56-60-64-70(75)76-65-61-57-53-49-45-41-37-35-33-31-29-27-25-23-21-19-18-20-22-24-26-28-30-32-34-36-39-43-47-51-55-59-63-69(74)71-67(66-72)68(73)62-58-54-50-46-42-38-16-14-12-10-8-6-4-2/h15,17,67-68,72-73H,3-14,16,18-66H2,1-2H3,(H,71,74)/b17-15-. The molecule has 0 heterocycles. The molecule has 0 aliphatic heterocycles. The van der Waals surface area contributed by atoms with Crippen LogP contribution in [-0.4, -0.2) is 47.4 Å². The number of aliphatic hydroxyl groups is 2. The maximum Gasteiger partial charge on any atom is 0.305 e. The van der Waals surface area contributed by atoms with Crippen molar-refractivity contribution in [2.75, 3.05) is 13.2 Å². The first kappa shape index (κ1) is 74.6. The van der Waals surface area contributed by atoms with Gasteiger partial charge in [0.15, 0.2) is 0 Å². The number of ether oxygens (including phenoxy) is 1. The van der Waals surface area contributed by atoms with E-state index in [1.807, 2.05) is 0 Å². The summed E-state index contributed by atoms with van der Waals surface area (Å²) in [5, 5.41) is 23.3. The highest BCUT2D eigenvalue weighted by atomic mass is 16.5. The minimum atomic E-state index is -0.659. The van der Waals surface area contributed by atoms with Crippen LogP contribution in [0, 0.1) is 0 Å². The number of nitrogens with one attached hydrogen (secondary N) is 1. The van der Waals surface area contributed by atoms with Gasteiger partial charge in [0.05, 0.1) is 25.4 Å². The summed E-state index contributed by atoms with van der Waals surface area (Å²) in [6, 6.07) is -0.536. The van der Waals surface area contributed by atoms with Gasteiger partial charge >= 0.3 is 5.97 Å². The maximum absolute atomic E-state index is 12.5. The summed E-state index contributed by atoms with van der Waals surface area (Å²) in [4.78, 5) is 24.5. The number of aliphatic hydroxyl groups excluding tert-OH is 2. The van der Waals surface area contributed by atoms with Crippen molar-refractivity contribution in [3.8, 4) is 0 Å². The lowest BCUT2D eigenvalue weighted by molar-refractivity contribution is -0.143. The average Bonchev–Trinajstić information content (AvgIpc) is 3.42. The van der Waals surface area contributed by atoms with Crippen molar-refractivity contribution in [2.24, 2.45) is 0 Å². The Hall–Kier alpha value is -1.40. The van der Waals surface area contributed by atoms with Crippen molar-refractivity contribution in [3.63, 3.8) is 0 Å². The Bertz CT molecular complexity index is 1140. The molecule has 6 nitrogen and oxygen atoms in total. The Balaban J connectivity index is 3.30. The second-order valence-corrected chi connectivity index (χ2v) is 24.2. The molecule has 1 amide bonds. The Morgan fingerprint density at radius 3 is 0.934 bits per heavy atom. The van der Waals surface area contributed by atoms with Gasteiger partial charge in [-0.25, -0.2) is 0 Å². The van der Waals surface area contributed by atoms with E-state index >= 15 is 0 Å². The van der Waals surface area contributed by atoms with Crippen LogP contribution in [0.3, 0.4) is 0 Å². The van der Waals surface area contributed by atoms with Gasteiger partial charge in [-0.2, -0.15) is 0 Å². The van der Waals surface area contributed by atoms with Crippen molar-refractivity contribution >= 4 is 11.9 Å². The summed E-state index contributed by atoms with van der Waals surface area (Å²) in [5.74, 6) is -0.0147. The molecule has 0 bridgehead atoms. The zero-order valence-corrected chi connectivity index (χ0v) is 51.8. The van der Waals surface area contributed by atoms with E-state index in [0.29, 0.717) is 25.9 Å². The lowest BCUT2D eigenvalue weighted by Gasteiger charge is -2.22. The van der Waals surface area contributed by atoms with Crippen molar-refractivity contribution in [3.05, 3.63) is 12.2 Å². The molecule has 0 aromatic heterocycles. The highest BCUT2D eigenvalue weighted by molar-refractivity contribution is 5.76. The summed E-state index contributed by atoms with van der Waals surface area (Å²) in [6.45, 7) is 4.97. The van der Waals surface area contributed by atoms with Crippen LogP contribution >= 0.6 is 0 Å². The molecule has 0 saturated heterocycles. The second kappa shape index (κ2) is 66.1. The lowest BCUT2D eigenvalue weighted by Crippen LogP contribution is -2.45. The lowest BCUT2D eigenvalue weighted by atomic mass is 10.0. The van der Waals surface area contributed by atoms with Crippen LogP contribution in [-0.2, 0) is 14.3 Å². The molecule has 0 aromatic rings. The van der Waals surface area contributed by atoms with Gasteiger partial charge < -0.3 is 20.3 Å². The normalized spacial score (nSPS) is 12.5. The average molecular weight is 1070 g/mol. The number of amides is 1. The quantitative estimate of drug-likeness (QED) is 0.0320. The molecule has 0 aromatic carbocycles. The minimum absolute atomic E-state index is 0.0134. The maximum atomic E-state index is 12.5. The first-order valence-corrected chi connectivity index (χ1v) is 34.9. The predicted octanol–water partition coefficient (Wildman–Crippen LogP) is 22.4. The summed E-state index contributed by atoms with van der Waals surface area (Å²) >= 11 is 0. The molecule has 0 rings (SSSR count). The Kier molecular flexibility index (Phi) is 64.9. The molecule has 0 aliphatic rings. The number of hydrogen-bond donors (Lipinski definition) is 3. The van der Waals surface area contributed by atoms with Gasteiger partial charge in [-0.3, -0.25) is 9.59 Å². The fourth-order valence-corrected chi connectivity index (χ4v) is 11.2. The zero-order valence-electron chi connectivity index (χ0n) is 51.8. The Morgan fingerprint density at radius 1 is 0.355 bits per heavy atom. The Morgan fingerprint density at radius 2 is 0.618 bits per heavy atom. The van der Waals surface area contributed by atoms with E-state index in [4.69, 9.17) is 4.74 Å². The van der Waals surface area contributed by atoms with Crippen molar-refractivity contribution < 1.29 is 24.5 Å². The van der Waals surface area contributed by atoms with Crippen LogP contribution in [0.1, 0.15) is 399 Å². The first-order valence-electron chi connectivity index (χ1n) is 34.9. The number of carbonyl (C=O) groups is 2. The van der Waals surface area contributed by atoms with Gasteiger partial charge in [-0.05, 0) is 51.4 Å². The van der Waals surface area contributed by atoms with Gasteiger partial charge in [0.1, 0.15) is 0 Å². The van der Waals surface area contributed by atoms with Crippen molar-refractivity contribution in [2.45, 2.75) is 411 Å². The fourth-order valence-electron chi connectivity index (χ4n) is 11.2. The smallest absolute Gasteiger partial charge is 0.305 e. The zero-order chi connectivity index (χ0) is 55.0. The molecule has 452 valence electrons. The number of carbonyl (C=O) groups excluding carboxylic acids is 2. The summed E-state index contributed by atoms with van der Waals surface area (Å²) in [7, 11) is 0. The molecule has 0 aliphatic carbocycles. The van der Waals surface area contributed by atoms with Crippen molar-refractivity contribution in [1.29, 1.82) is 0 Å². The topological polar surface area (TPSA) is 95.9 Å². The fraction of sp³-hybridized carbons (Fsp3) is 0.943. The van der Waals surface area contributed by atoms with E-state index in [9.17, 15) is 19.8 Å². The number of rotatable bonds is 66. The molecule has 6 heteroatoms. The molecule has 0 radical (unpaired) electrons. The predicted molar refractivity (Wildman–Crippen MR) is 333 cm³/mol. The van der Waals surface area contributed by atoms with Crippen LogP contribution in [0.4, 0.5) is 0 Å². The summed E-state index contributed by atoms with van der Waals surface area (Å²) in [5.41, 5.74) is 0. The molecule has 2 unspecified atom stereocenters. The van der Waals surface area contributed by atoms with E-state index < -0.39 is 12.1 Å². The van der Waals surface area contributed by atoms with Crippen LogP contribution in [0.25, 0.3) is 0 Å². The largest absolute Gasteiger partial charge is 0.466 e. The van der Waals surface area contributed by atoms with Gasteiger partial charge in [0, 0.05) is 12.8 Å². The van der Waals surface area contributed by atoms with Crippen LogP contribution in [0.2, 0.25) is 0 Å². The van der Waals surface area contributed by atoms with E-state index in [1.165, 1.54) is 321 Å². The second-order valence-electron chi connectivity index (χ2n) is 24.2. The molecule has 0 fully saturated rings.